The monoisotopic (exact) mass is 297 g/mol. The number of halogens is 1. The van der Waals surface area contributed by atoms with Gasteiger partial charge in [0.15, 0.2) is 0 Å². The zero-order chi connectivity index (χ0) is 12.3. The first-order chi connectivity index (χ1) is 8.20. The molecule has 1 N–H and O–H groups in total. The summed E-state index contributed by atoms with van der Waals surface area (Å²) in [6.45, 7) is 1.18. The summed E-state index contributed by atoms with van der Waals surface area (Å²) in [6, 6.07) is 1.75. The van der Waals surface area contributed by atoms with Gasteiger partial charge in [0.05, 0.1) is 11.3 Å². The van der Waals surface area contributed by atoms with Crippen LogP contribution in [0.15, 0.2) is 28.1 Å². The van der Waals surface area contributed by atoms with E-state index in [0.29, 0.717) is 31.5 Å². The lowest BCUT2D eigenvalue weighted by atomic mass is 10.1. The first-order valence-electron chi connectivity index (χ1n) is 5.30. The van der Waals surface area contributed by atoms with Crippen molar-refractivity contribution in [2.75, 3.05) is 13.1 Å². The summed E-state index contributed by atoms with van der Waals surface area (Å²) in [6.07, 6.45) is 4.46. The largest absolute Gasteiger partial charge is 0.411 e. The summed E-state index contributed by atoms with van der Waals surface area (Å²) in [5, 5.41) is 11.8. The van der Waals surface area contributed by atoms with E-state index in [1.807, 2.05) is 0 Å². The third-order valence-corrected chi connectivity index (χ3v) is 3.15. The van der Waals surface area contributed by atoms with E-state index in [1.54, 1.807) is 23.4 Å². The highest BCUT2D eigenvalue weighted by Gasteiger charge is 2.21. The molecule has 1 aromatic rings. The number of oxime groups is 1. The fourth-order valence-electron chi connectivity index (χ4n) is 1.78. The molecule has 90 valence electrons. The Bertz CT molecular complexity index is 452. The van der Waals surface area contributed by atoms with E-state index in [2.05, 4.69) is 26.1 Å². The van der Waals surface area contributed by atoms with E-state index >= 15 is 0 Å². The van der Waals surface area contributed by atoms with Crippen molar-refractivity contribution >= 4 is 27.5 Å². The zero-order valence-corrected chi connectivity index (χ0v) is 10.7. The number of nitrogens with zero attached hydrogens (tertiary/aromatic N) is 3. The van der Waals surface area contributed by atoms with Gasteiger partial charge in [-0.2, -0.15) is 0 Å². The Kier molecular flexibility index (Phi) is 3.73. The number of likely N-dealkylation sites (tertiary alicyclic amines) is 1. The van der Waals surface area contributed by atoms with Crippen molar-refractivity contribution in [1.82, 2.24) is 9.88 Å². The number of amides is 1. The molecule has 2 rings (SSSR count). The number of carbonyl (C=O) groups excluding carboxylic acids is 1. The molecule has 1 aliphatic rings. The molecule has 1 saturated heterocycles. The third-order valence-electron chi connectivity index (χ3n) is 2.72. The van der Waals surface area contributed by atoms with E-state index in [-0.39, 0.29) is 5.91 Å². The highest BCUT2D eigenvalue weighted by Crippen LogP contribution is 2.14. The van der Waals surface area contributed by atoms with Crippen molar-refractivity contribution in [1.29, 1.82) is 0 Å². The van der Waals surface area contributed by atoms with Gasteiger partial charge in [-0.3, -0.25) is 9.78 Å². The normalized spacial score (nSPS) is 15.8. The molecule has 2 heterocycles. The quantitative estimate of drug-likeness (QED) is 0.636. The number of rotatable bonds is 1. The van der Waals surface area contributed by atoms with Crippen molar-refractivity contribution in [3.05, 3.63) is 28.5 Å². The number of pyridine rings is 1. The molecule has 6 heteroatoms. The average molecular weight is 298 g/mol. The molecule has 5 nitrogen and oxygen atoms in total. The van der Waals surface area contributed by atoms with Gasteiger partial charge >= 0.3 is 0 Å². The van der Waals surface area contributed by atoms with Crippen LogP contribution in [-0.4, -0.2) is 39.8 Å². The lowest BCUT2D eigenvalue weighted by Crippen LogP contribution is -2.38. The van der Waals surface area contributed by atoms with Gasteiger partial charge in [-0.1, -0.05) is 5.16 Å². The summed E-state index contributed by atoms with van der Waals surface area (Å²) in [5.41, 5.74) is 1.32. The molecule has 1 aliphatic heterocycles. The van der Waals surface area contributed by atoms with Gasteiger partial charge in [0, 0.05) is 42.8 Å². The van der Waals surface area contributed by atoms with E-state index in [1.165, 1.54) is 0 Å². The van der Waals surface area contributed by atoms with Crippen molar-refractivity contribution in [2.24, 2.45) is 5.16 Å². The average Bonchev–Trinajstić information content (AvgIpc) is 2.38. The van der Waals surface area contributed by atoms with Crippen LogP contribution in [0.25, 0.3) is 0 Å². The summed E-state index contributed by atoms with van der Waals surface area (Å²) in [5.74, 6) is -0.0317. The minimum atomic E-state index is -0.0317. The van der Waals surface area contributed by atoms with Crippen LogP contribution in [0, 0.1) is 0 Å². The SMILES string of the molecule is O=C(c1cncc(Br)c1)N1CCC(=NO)CC1. The standard InChI is InChI=1S/C11H12BrN3O2/c12-9-5-8(6-13-7-9)11(16)15-3-1-10(14-17)2-4-15/h5-7,17H,1-4H2. The molecule has 0 unspecified atom stereocenters. The summed E-state index contributed by atoms with van der Waals surface area (Å²) in [7, 11) is 0. The fraction of sp³-hybridized carbons (Fsp3) is 0.364. The van der Waals surface area contributed by atoms with Gasteiger partial charge in [-0.05, 0) is 22.0 Å². The second-order valence-electron chi connectivity index (χ2n) is 3.85. The Morgan fingerprint density at radius 2 is 2.12 bits per heavy atom. The van der Waals surface area contributed by atoms with Crippen molar-refractivity contribution in [3.63, 3.8) is 0 Å². The molecule has 1 fully saturated rings. The summed E-state index contributed by atoms with van der Waals surface area (Å²) < 4.78 is 0.790. The minimum absolute atomic E-state index is 0.0317. The Labute approximate surface area is 107 Å². The number of hydrogen-bond acceptors (Lipinski definition) is 4. The highest BCUT2D eigenvalue weighted by molar-refractivity contribution is 9.10. The summed E-state index contributed by atoms with van der Waals surface area (Å²) in [4.78, 5) is 17.8. The molecule has 17 heavy (non-hydrogen) atoms. The molecule has 0 aromatic carbocycles. The third kappa shape index (κ3) is 2.82. The van der Waals surface area contributed by atoms with Crippen LogP contribution in [0.1, 0.15) is 23.2 Å². The number of aromatic nitrogens is 1. The maximum absolute atomic E-state index is 12.1. The molecule has 0 atom stereocenters. The highest BCUT2D eigenvalue weighted by atomic mass is 79.9. The molecule has 1 aromatic heterocycles. The lowest BCUT2D eigenvalue weighted by Gasteiger charge is -2.27. The van der Waals surface area contributed by atoms with E-state index < -0.39 is 0 Å². The van der Waals surface area contributed by atoms with Gasteiger partial charge in [0.2, 0.25) is 0 Å². The smallest absolute Gasteiger partial charge is 0.255 e. The Hall–Kier alpha value is -1.43. The van der Waals surface area contributed by atoms with Gasteiger partial charge in [0.1, 0.15) is 0 Å². The van der Waals surface area contributed by atoms with Crippen molar-refractivity contribution in [2.45, 2.75) is 12.8 Å². The van der Waals surface area contributed by atoms with E-state index in [9.17, 15) is 4.79 Å². The van der Waals surface area contributed by atoms with Crippen LogP contribution < -0.4 is 0 Å². The second kappa shape index (κ2) is 5.27. The van der Waals surface area contributed by atoms with Gasteiger partial charge in [-0.15, -0.1) is 0 Å². The van der Waals surface area contributed by atoms with Crippen LogP contribution >= 0.6 is 15.9 Å². The van der Waals surface area contributed by atoms with E-state index in [4.69, 9.17) is 5.21 Å². The summed E-state index contributed by atoms with van der Waals surface area (Å²) >= 11 is 3.29. The fourth-order valence-corrected chi connectivity index (χ4v) is 2.14. The number of hydrogen-bond donors (Lipinski definition) is 1. The molecule has 0 radical (unpaired) electrons. The molecule has 0 saturated carbocycles. The zero-order valence-electron chi connectivity index (χ0n) is 9.14. The van der Waals surface area contributed by atoms with Crippen LogP contribution in [0.5, 0.6) is 0 Å². The maximum atomic E-state index is 12.1. The number of carbonyl (C=O) groups is 1. The second-order valence-corrected chi connectivity index (χ2v) is 4.77. The molecule has 1 amide bonds. The lowest BCUT2D eigenvalue weighted by molar-refractivity contribution is 0.0753. The molecule has 0 bridgehead atoms. The van der Waals surface area contributed by atoms with Crippen LogP contribution in [0.3, 0.4) is 0 Å². The van der Waals surface area contributed by atoms with Crippen molar-refractivity contribution < 1.29 is 10.0 Å². The van der Waals surface area contributed by atoms with Crippen LogP contribution in [0.2, 0.25) is 0 Å². The number of piperidine rings is 1. The van der Waals surface area contributed by atoms with Gasteiger partial charge in [0.25, 0.3) is 5.91 Å². The Morgan fingerprint density at radius 3 is 2.71 bits per heavy atom. The van der Waals surface area contributed by atoms with Crippen LogP contribution in [-0.2, 0) is 0 Å². The Morgan fingerprint density at radius 1 is 1.41 bits per heavy atom. The first kappa shape index (κ1) is 12.0. The van der Waals surface area contributed by atoms with Gasteiger partial charge < -0.3 is 10.1 Å². The van der Waals surface area contributed by atoms with Crippen LogP contribution in [0.4, 0.5) is 0 Å². The predicted molar refractivity (Wildman–Crippen MR) is 66.3 cm³/mol. The molecular weight excluding hydrogens is 286 g/mol. The topological polar surface area (TPSA) is 65.8 Å². The Balaban J connectivity index is 2.07. The molecule has 0 spiro atoms. The molecule has 0 aliphatic carbocycles. The van der Waals surface area contributed by atoms with E-state index in [0.717, 1.165) is 10.2 Å². The maximum Gasteiger partial charge on any atom is 0.255 e. The first-order valence-corrected chi connectivity index (χ1v) is 6.09. The molecular formula is C11H12BrN3O2. The van der Waals surface area contributed by atoms with Gasteiger partial charge in [-0.25, -0.2) is 0 Å². The predicted octanol–water partition coefficient (Wildman–Crippen LogP) is 1.91. The minimum Gasteiger partial charge on any atom is -0.411 e. The van der Waals surface area contributed by atoms with Crippen molar-refractivity contribution in [3.8, 4) is 0 Å².